The highest BCUT2D eigenvalue weighted by molar-refractivity contribution is 5.78. The number of aromatic hydroxyl groups is 1. The lowest BCUT2D eigenvalue weighted by molar-refractivity contribution is 0.212. The Bertz CT molecular complexity index is 930. The van der Waals surface area contributed by atoms with Crippen molar-refractivity contribution in [2.45, 2.75) is 32.7 Å². The van der Waals surface area contributed by atoms with Crippen molar-refractivity contribution in [2.24, 2.45) is 0 Å². The lowest BCUT2D eigenvalue weighted by Gasteiger charge is -2.44. The minimum Gasteiger partial charge on any atom is -0.507 e. The summed E-state index contributed by atoms with van der Waals surface area (Å²) in [5.41, 5.74) is 3.57. The molecule has 4 rings (SSSR count). The highest BCUT2D eigenvalue weighted by Crippen LogP contribution is 2.38. The first-order valence-electron chi connectivity index (χ1n) is 10.3. The van der Waals surface area contributed by atoms with Gasteiger partial charge in [0.2, 0.25) is 0 Å². The number of hydrogen-bond donors (Lipinski definition) is 1. The Labute approximate surface area is 172 Å². The zero-order chi connectivity index (χ0) is 20.5. The van der Waals surface area contributed by atoms with E-state index < -0.39 is 0 Å². The molecule has 0 aliphatic carbocycles. The minimum atomic E-state index is 0.0667. The summed E-state index contributed by atoms with van der Waals surface area (Å²) in [5, 5.41) is 28.7. The number of fused-ring (bicyclic) bond motifs is 1. The molecule has 7 heteroatoms. The number of piperidine rings is 1. The van der Waals surface area contributed by atoms with Crippen LogP contribution < -0.4 is 9.80 Å². The van der Waals surface area contributed by atoms with Gasteiger partial charge in [-0.15, -0.1) is 10.2 Å². The van der Waals surface area contributed by atoms with Crippen molar-refractivity contribution in [2.75, 3.05) is 49.6 Å². The minimum absolute atomic E-state index is 0.0667. The number of hydrogen-bond acceptors (Lipinski definition) is 7. The summed E-state index contributed by atoms with van der Waals surface area (Å²) in [7, 11) is 2.08. The molecule has 152 valence electrons. The van der Waals surface area contributed by atoms with E-state index in [0.29, 0.717) is 22.9 Å². The number of nitriles is 1. The summed E-state index contributed by atoms with van der Waals surface area (Å²) in [6.07, 6.45) is 2.39. The van der Waals surface area contributed by atoms with Crippen LogP contribution in [0.5, 0.6) is 5.75 Å². The Kier molecular flexibility index (Phi) is 5.29. The Balaban J connectivity index is 1.71. The number of benzene rings is 1. The third-order valence-corrected chi connectivity index (χ3v) is 6.18. The predicted octanol–water partition coefficient (Wildman–Crippen LogP) is 2.77. The highest BCUT2D eigenvalue weighted by atomic mass is 16.3. The number of aromatic nitrogens is 2. The zero-order valence-corrected chi connectivity index (χ0v) is 17.4. The average molecular weight is 393 g/mol. The van der Waals surface area contributed by atoms with Crippen molar-refractivity contribution in [1.82, 2.24) is 15.1 Å². The second kappa shape index (κ2) is 7.88. The smallest absolute Gasteiger partial charge is 0.175 e. The lowest BCUT2D eigenvalue weighted by Crippen LogP contribution is -2.52. The second-order valence-electron chi connectivity index (χ2n) is 8.04. The first kappa shape index (κ1) is 19.5. The van der Waals surface area contributed by atoms with Gasteiger partial charge in [0, 0.05) is 38.3 Å². The number of rotatable bonds is 3. The van der Waals surface area contributed by atoms with Gasteiger partial charge in [0.25, 0.3) is 0 Å². The number of phenolic OH excluding ortho intramolecular Hbond substituents is 1. The van der Waals surface area contributed by atoms with Crippen LogP contribution in [0.1, 0.15) is 30.9 Å². The maximum absolute atomic E-state index is 10.5. The van der Waals surface area contributed by atoms with Crippen molar-refractivity contribution in [3.05, 3.63) is 29.3 Å². The van der Waals surface area contributed by atoms with Crippen molar-refractivity contribution in [3.8, 4) is 23.1 Å². The van der Waals surface area contributed by atoms with E-state index in [2.05, 4.69) is 44.9 Å². The molecule has 1 saturated heterocycles. The van der Waals surface area contributed by atoms with E-state index in [1.807, 2.05) is 13.0 Å². The van der Waals surface area contributed by atoms with Crippen molar-refractivity contribution < 1.29 is 5.11 Å². The molecule has 1 atom stereocenters. The van der Waals surface area contributed by atoms with Gasteiger partial charge in [-0.25, -0.2) is 0 Å². The van der Waals surface area contributed by atoms with E-state index in [4.69, 9.17) is 5.26 Å². The molecule has 1 aromatic heterocycles. The molecule has 0 bridgehead atoms. The van der Waals surface area contributed by atoms with Crippen molar-refractivity contribution in [3.63, 3.8) is 0 Å². The van der Waals surface area contributed by atoms with Crippen LogP contribution in [0.15, 0.2) is 18.2 Å². The van der Waals surface area contributed by atoms with Crippen LogP contribution in [-0.4, -0.2) is 66.0 Å². The molecule has 2 aliphatic heterocycles. The number of likely N-dealkylation sites (N-methyl/N-ethyl adjacent to an activating group) is 2. The topological polar surface area (TPSA) is 79.5 Å². The van der Waals surface area contributed by atoms with E-state index in [9.17, 15) is 5.11 Å². The third-order valence-electron chi connectivity index (χ3n) is 6.18. The molecule has 0 unspecified atom stereocenters. The fourth-order valence-corrected chi connectivity index (χ4v) is 4.56. The van der Waals surface area contributed by atoms with Gasteiger partial charge < -0.3 is 19.8 Å². The maximum atomic E-state index is 10.5. The van der Waals surface area contributed by atoms with E-state index >= 15 is 0 Å². The van der Waals surface area contributed by atoms with Gasteiger partial charge in [0.1, 0.15) is 5.75 Å². The lowest BCUT2D eigenvalue weighted by atomic mass is 10.00. The second-order valence-corrected chi connectivity index (χ2v) is 8.04. The summed E-state index contributed by atoms with van der Waals surface area (Å²) < 4.78 is 0. The van der Waals surface area contributed by atoms with Crippen LogP contribution in [0, 0.1) is 18.3 Å². The fourth-order valence-electron chi connectivity index (χ4n) is 4.56. The van der Waals surface area contributed by atoms with Crippen molar-refractivity contribution >= 4 is 11.5 Å². The molecule has 29 heavy (non-hydrogen) atoms. The van der Waals surface area contributed by atoms with Gasteiger partial charge in [-0.1, -0.05) is 6.92 Å². The molecule has 0 spiro atoms. The molecular weight excluding hydrogens is 364 g/mol. The van der Waals surface area contributed by atoms with Crippen LogP contribution in [-0.2, 0) is 0 Å². The SMILES string of the molecule is CCN1CCC[C@@H](N2CCN(C)c3cc(-c4c(C)cc(C#N)cc4O)nnc32)C1. The molecule has 1 aromatic carbocycles. The maximum Gasteiger partial charge on any atom is 0.175 e. The number of aryl methyl sites for hydroxylation is 1. The Hall–Kier alpha value is -2.85. The van der Waals surface area contributed by atoms with Crippen LogP contribution in [0.25, 0.3) is 11.3 Å². The molecule has 1 fully saturated rings. The molecule has 0 radical (unpaired) electrons. The molecule has 1 N–H and O–H groups in total. The number of phenols is 1. The van der Waals surface area contributed by atoms with Crippen LogP contribution in [0.3, 0.4) is 0 Å². The van der Waals surface area contributed by atoms with E-state index in [0.717, 1.165) is 43.2 Å². The van der Waals surface area contributed by atoms with Crippen LogP contribution >= 0.6 is 0 Å². The van der Waals surface area contributed by atoms with Crippen LogP contribution in [0.2, 0.25) is 0 Å². The Morgan fingerprint density at radius 1 is 1.21 bits per heavy atom. The molecule has 0 saturated carbocycles. The van der Waals surface area contributed by atoms with E-state index in [1.54, 1.807) is 6.07 Å². The van der Waals surface area contributed by atoms with E-state index in [1.165, 1.54) is 25.5 Å². The van der Waals surface area contributed by atoms with Gasteiger partial charge in [0.05, 0.1) is 23.0 Å². The number of nitrogens with zero attached hydrogens (tertiary/aromatic N) is 6. The van der Waals surface area contributed by atoms with Gasteiger partial charge in [-0.05, 0) is 56.6 Å². The van der Waals surface area contributed by atoms with Crippen LogP contribution in [0.4, 0.5) is 11.5 Å². The number of anilines is 2. The molecule has 2 aromatic rings. The summed E-state index contributed by atoms with van der Waals surface area (Å²) >= 11 is 0. The molecule has 7 nitrogen and oxygen atoms in total. The average Bonchev–Trinajstić information content (AvgIpc) is 2.73. The largest absolute Gasteiger partial charge is 0.507 e. The Morgan fingerprint density at radius 2 is 2.03 bits per heavy atom. The van der Waals surface area contributed by atoms with Gasteiger partial charge in [0.15, 0.2) is 5.82 Å². The molecule has 0 amide bonds. The summed E-state index contributed by atoms with van der Waals surface area (Å²) in [5.74, 6) is 0.994. The van der Waals surface area contributed by atoms with E-state index in [-0.39, 0.29) is 5.75 Å². The third kappa shape index (κ3) is 3.60. The van der Waals surface area contributed by atoms with Gasteiger partial charge in [-0.2, -0.15) is 5.26 Å². The highest BCUT2D eigenvalue weighted by Gasteiger charge is 2.31. The van der Waals surface area contributed by atoms with Gasteiger partial charge >= 0.3 is 0 Å². The summed E-state index contributed by atoms with van der Waals surface area (Å²) in [6, 6.07) is 7.81. The quantitative estimate of drug-likeness (QED) is 0.860. The molecule has 3 heterocycles. The monoisotopic (exact) mass is 392 g/mol. The van der Waals surface area contributed by atoms with Crippen molar-refractivity contribution in [1.29, 1.82) is 5.26 Å². The summed E-state index contributed by atoms with van der Waals surface area (Å²) in [6.45, 7) is 9.31. The standard InChI is InChI=1S/C22H28N6O/c1-4-27-7-5-6-17(14-27)28-9-8-26(3)19-12-18(24-25-22(19)28)21-15(2)10-16(13-23)11-20(21)29/h10-12,17,29H,4-9,14H2,1-3H3/t17-/m1/s1. The first-order chi connectivity index (χ1) is 14.0. The van der Waals surface area contributed by atoms with Gasteiger partial charge in [-0.3, -0.25) is 0 Å². The fraction of sp³-hybridized carbons (Fsp3) is 0.500. The Morgan fingerprint density at radius 3 is 2.76 bits per heavy atom. The predicted molar refractivity (Wildman–Crippen MR) is 114 cm³/mol. The number of likely N-dealkylation sites (tertiary alicyclic amines) is 1. The summed E-state index contributed by atoms with van der Waals surface area (Å²) in [4.78, 5) is 7.13. The zero-order valence-electron chi connectivity index (χ0n) is 17.4. The molecular formula is C22H28N6O. The molecule has 2 aliphatic rings. The normalized spacial score (nSPS) is 19.7. The first-order valence-corrected chi connectivity index (χ1v) is 10.3.